The lowest BCUT2D eigenvalue weighted by atomic mass is 9.73. The summed E-state index contributed by atoms with van der Waals surface area (Å²) in [6.07, 6.45) is 7.07. The van der Waals surface area contributed by atoms with Crippen molar-refractivity contribution in [3.63, 3.8) is 0 Å². The number of hydrogen-bond donors (Lipinski definition) is 2. The minimum absolute atomic E-state index is 0.0304. The second kappa shape index (κ2) is 5.31. The lowest BCUT2D eigenvalue weighted by Gasteiger charge is -2.35. The zero-order valence-corrected chi connectivity index (χ0v) is 9.59. The number of nitrogens with one attached hydrogen (secondary N) is 1. The first-order valence-corrected chi connectivity index (χ1v) is 5.78. The maximum absolute atomic E-state index is 12.1. The first-order chi connectivity index (χ1) is 7.14. The van der Waals surface area contributed by atoms with Crippen LogP contribution in [-0.4, -0.2) is 18.5 Å². The lowest BCUT2D eigenvalue weighted by molar-refractivity contribution is -0.132. The van der Waals surface area contributed by atoms with Crippen LogP contribution in [0.5, 0.6) is 0 Å². The quantitative estimate of drug-likeness (QED) is 0.692. The molecule has 0 saturated heterocycles. The minimum Gasteiger partial charge on any atom is -0.350 e. The van der Waals surface area contributed by atoms with E-state index in [9.17, 15) is 4.79 Å². The van der Waals surface area contributed by atoms with Crippen LogP contribution in [0.4, 0.5) is 0 Å². The van der Waals surface area contributed by atoms with Gasteiger partial charge in [-0.15, -0.1) is 6.58 Å². The molecule has 1 rings (SSSR count). The van der Waals surface area contributed by atoms with E-state index in [1.165, 1.54) is 6.42 Å². The van der Waals surface area contributed by atoms with Crippen LogP contribution in [0.25, 0.3) is 0 Å². The predicted octanol–water partition coefficient (Wildman–Crippen LogP) is 1.59. The maximum atomic E-state index is 12.1. The van der Waals surface area contributed by atoms with Gasteiger partial charge >= 0.3 is 0 Å². The molecule has 1 fully saturated rings. The number of amides is 1. The maximum Gasteiger partial charge on any atom is 0.227 e. The van der Waals surface area contributed by atoms with Crippen molar-refractivity contribution in [3.05, 3.63) is 12.7 Å². The molecule has 1 amide bonds. The molecule has 0 aromatic rings. The Morgan fingerprint density at radius 2 is 2.13 bits per heavy atom. The number of carbonyl (C=O) groups excluding carboxylic acids is 1. The summed E-state index contributed by atoms with van der Waals surface area (Å²) in [5.74, 6) is 0.108. The highest BCUT2D eigenvalue weighted by Gasteiger charge is 2.38. The Balaban J connectivity index is 2.63. The van der Waals surface area contributed by atoms with Crippen molar-refractivity contribution in [2.24, 2.45) is 11.1 Å². The van der Waals surface area contributed by atoms with E-state index >= 15 is 0 Å². The molecule has 0 aliphatic heterocycles. The van der Waals surface area contributed by atoms with Crippen LogP contribution < -0.4 is 11.1 Å². The average molecular weight is 210 g/mol. The Kier molecular flexibility index (Phi) is 4.33. The zero-order chi connectivity index (χ0) is 11.3. The molecule has 15 heavy (non-hydrogen) atoms. The fourth-order valence-electron chi connectivity index (χ4n) is 2.17. The van der Waals surface area contributed by atoms with Gasteiger partial charge in [-0.2, -0.15) is 0 Å². The summed E-state index contributed by atoms with van der Waals surface area (Å²) in [4.78, 5) is 12.1. The number of hydrogen-bond acceptors (Lipinski definition) is 2. The van der Waals surface area contributed by atoms with Gasteiger partial charge in [0.1, 0.15) is 0 Å². The van der Waals surface area contributed by atoms with E-state index in [1.54, 1.807) is 6.08 Å². The van der Waals surface area contributed by atoms with Gasteiger partial charge in [-0.05, 0) is 19.8 Å². The Labute approximate surface area is 92.1 Å². The molecule has 1 saturated carbocycles. The van der Waals surface area contributed by atoms with Crippen LogP contribution in [0.3, 0.4) is 0 Å². The molecular formula is C12H22N2O. The van der Waals surface area contributed by atoms with E-state index in [2.05, 4.69) is 11.9 Å². The molecule has 3 N–H and O–H groups in total. The Morgan fingerprint density at radius 1 is 1.53 bits per heavy atom. The second-order valence-corrected chi connectivity index (χ2v) is 4.54. The van der Waals surface area contributed by atoms with Gasteiger partial charge in [-0.25, -0.2) is 0 Å². The highest BCUT2D eigenvalue weighted by atomic mass is 16.2. The van der Waals surface area contributed by atoms with Gasteiger partial charge in [0.05, 0.1) is 5.41 Å². The van der Waals surface area contributed by atoms with Crippen LogP contribution in [0, 0.1) is 5.41 Å². The van der Waals surface area contributed by atoms with Gasteiger partial charge in [-0.3, -0.25) is 4.79 Å². The molecule has 86 valence electrons. The smallest absolute Gasteiger partial charge is 0.227 e. The highest BCUT2D eigenvalue weighted by molar-refractivity contribution is 5.83. The summed E-state index contributed by atoms with van der Waals surface area (Å²) in [6, 6.07) is 0.0304. The molecule has 1 aliphatic carbocycles. The van der Waals surface area contributed by atoms with Crippen molar-refractivity contribution in [2.45, 2.75) is 45.1 Å². The Morgan fingerprint density at radius 3 is 2.60 bits per heavy atom. The van der Waals surface area contributed by atoms with Crippen molar-refractivity contribution >= 4 is 5.91 Å². The summed E-state index contributed by atoms with van der Waals surface area (Å²) >= 11 is 0. The van der Waals surface area contributed by atoms with E-state index in [0.29, 0.717) is 6.54 Å². The molecule has 0 aromatic carbocycles. The van der Waals surface area contributed by atoms with Crippen LogP contribution in [-0.2, 0) is 4.79 Å². The minimum atomic E-state index is -0.310. The molecule has 0 bridgehead atoms. The van der Waals surface area contributed by atoms with Crippen molar-refractivity contribution in [1.29, 1.82) is 0 Å². The van der Waals surface area contributed by atoms with Crippen LogP contribution in [0.15, 0.2) is 12.7 Å². The average Bonchev–Trinajstić information content (AvgIpc) is 2.29. The third kappa shape index (κ3) is 2.81. The van der Waals surface area contributed by atoms with E-state index < -0.39 is 0 Å². The normalized spacial score (nSPS) is 21.7. The molecule has 0 aromatic heterocycles. The molecule has 0 spiro atoms. The number of carbonyl (C=O) groups is 1. The van der Waals surface area contributed by atoms with Crippen molar-refractivity contribution in [3.8, 4) is 0 Å². The SMILES string of the molecule is C=CC(C)NC(=O)C1(CN)CCCCC1. The van der Waals surface area contributed by atoms with Gasteiger partial charge in [0.15, 0.2) is 0 Å². The van der Waals surface area contributed by atoms with Crippen LogP contribution >= 0.6 is 0 Å². The molecule has 3 nitrogen and oxygen atoms in total. The van der Waals surface area contributed by atoms with Crippen LogP contribution in [0.2, 0.25) is 0 Å². The lowest BCUT2D eigenvalue weighted by Crippen LogP contribution is -2.49. The zero-order valence-electron chi connectivity index (χ0n) is 9.59. The summed E-state index contributed by atoms with van der Waals surface area (Å²) in [5, 5.41) is 2.95. The predicted molar refractivity (Wildman–Crippen MR) is 62.4 cm³/mol. The van der Waals surface area contributed by atoms with E-state index in [0.717, 1.165) is 25.7 Å². The largest absolute Gasteiger partial charge is 0.350 e. The molecule has 1 aliphatic rings. The van der Waals surface area contributed by atoms with Gasteiger partial charge < -0.3 is 11.1 Å². The number of rotatable bonds is 4. The van der Waals surface area contributed by atoms with E-state index in [1.807, 2.05) is 6.92 Å². The third-order valence-corrected chi connectivity index (χ3v) is 3.40. The van der Waals surface area contributed by atoms with Gasteiger partial charge in [0, 0.05) is 12.6 Å². The van der Waals surface area contributed by atoms with Crippen molar-refractivity contribution in [1.82, 2.24) is 5.32 Å². The molecule has 3 heteroatoms. The summed E-state index contributed by atoms with van der Waals surface area (Å²) in [6.45, 7) is 6.05. The fourth-order valence-corrected chi connectivity index (χ4v) is 2.17. The van der Waals surface area contributed by atoms with E-state index in [4.69, 9.17) is 5.73 Å². The highest BCUT2D eigenvalue weighted by Crippen LogP contribution is 2.35. The van der Waals surface area contributed by atoms with Crippen LogP contribution in [0.1, 0.15) is 39.0 Å². The first-order valence-electron chi connectivity index (χ1n) is 5.78. The van der Waals surface area contributed by atoms with Gasteiger partial charge in [0.25, 0.3) is 0 Å². The molecule has 0 heterocycles. The second-order valence-electron chi connectivity index (χ2n) is 4.54. The van der Waals surface area contributed by atoms with E-state index in [-0.39, 0.29) is 17.4 Å². The summed E-state index contributed by atoms with van der Waals surface area (Å²) in [7, 11) is 0. The fraction of sp³-hybridized carbons (Fsp3) is 0.750. The Hall–Kier alpha value is -0.830. The summed E-state index contributed by atoms with van der Waals surface area (Å²) < 4.78 is 0. The third-order valence-electron chi connectivity index (χ3n) is 3.40. The summed E-state index contributed by atoms with van der Waals surface area (Å²) in [5.41, 5.74) is 5.46. The topological polar surface area (TPSA) is 55.1 Å². The molecular weight excluding hydrogens is 188 g/mol. The molecule has 1 atom stereocenters. The first kappa shape index (κ1) is 12.2. The standard InChI is InChI=1S/C12H22N2O/c1-3-10(2)14-11(15)12(9-13)7-5-4-6-8-12/h3,10H,1,4-9,13H2,2H3,(H,14,15). The molecule has 1 unspecified atom stereocenters. The number of nitrogens with two attached hydrogens (primary N) is 1. The Bertz CT molecular complexity index is 232. The van der Waals surface area contributed by atoms with Crippen molar-refractivity contribution < 1.29 is 4.79 Å². The monoisotopic (exact) mass is 210 g/mol. The molecule has 0 radical (unpaired) electrons. The van der Waals surface area contributed by atoms with Crippen molar-refractivity contribution in [2.75, 3.05) is 6.54 Å². The van der Waals surface area contributed by atoms with Gasteiger partial charge in [0.2, 0.25) is 5.91 Å². The van der Waals surface area contributed by atoms with Gasteiger partial charge in [-0.1, -0.05) is 25.3 Å².